The smallest absolute Gasteiger partial charge is 0.483 e. The summed E-state index contributed by atoms with van der Waals surface area (Å²) < 4.78 is 42.9. The van der Waals surface area contributed by atoms with Crippen LogP contribution in [-0.4, -0.2) is 59.1 Å². The quantitative estimate of drug-likeness (QED) is 0.280. The van der Waals surface area contributed by atoms with Crippen LogP contribution in [0.25, 0.3) is 11.1 Å². The van der Waals surface area contributed by atoms with Gasteiger partial charge < -0.3 is 15.2 Å². The number of aromatic nitrogens is 1. The van der Waals surface area contributed by atoms with Crippen molar-refractivity contribution in [3.8, 4) is 16.9 Å². The molecule has 3 aromatic rings. The molecule has 0 bridgehead atoms. The summed E-state index contributed by atoms with van der Waals surface area (Å²) in [5, 5.41) is 9.39. The van der Waals surface area contributed by atoms with Crippen LogP contribution in [0.1, 0.15) is 35.8 Å². The minimum Gasteiger partial charge on any atom is -0.483 e. The summed E-state index contributed by atoms with van der Waals surface area (Å²) in [7, 11) is 0. The van der Waals surface area contributed by atoms with Gasteiger partial charge in [0.25, 0.3) is 6.47 Å². The molecule has 0 radical (unpaired) electrons. The van der Waals surface area contributed by atoms with Gasteiger partial charge in [0.1, 0.15) is 0 Å². The van der Waals surface area contributed by atoms with Gasteiger partial charge in [-0.3, -0.25) is 24.3 Å². The van der Waals surface area contributed by atoms with Crippen molar-refractivity contribution in [3.63, 3.8) is 0 Å². The van der Waals surface area contributed by atoms with Gasteiger partial charge in [0.05, 0.1) is 18.7 Å². The van der Waals surface area contributed by atoms with E-state index in [2.05, 4.69) is 22.0 Å². The summed E-state index contributed by atoms with van der Waals surface area (Å²) in [6.45, 7) is 3.44. The number of pyridine rings is 1. The second kappa shape index (κ2) is 14.2. The molecule has 8 nitrogen and oxygen atoms in total. The molecule has 0 aliphatic carbocycles. The number of ketones is 1. The molecule has 1 aliphatic rings. The fourth-order valence-electron chi connectivity index (χ4n) is 4.22. The van der Waals surface area contributed by atoms with Crippen LogP contribution in [-0.2, 0) is 16.0 Å². The Balaban J connectivity index is 0.00000141. The van der Waals surface area contributed by atoms with Crippen LogP contribution >= 0.6 is 0 Å². The van der Waals surface area contributed by atoms with Crippen LogP contribution in [0.5, 0.6) is 5.75 Å². The number of alkyl halides is 3. The molecule has 0 spiro atoms. The van der Waals surface area contributed by atoms with Gasteiger partial charge in [0, 0.05) is 23.0 Å². The Labute approximate surface area is 229 Å². The van der Waals surface area contributed by atoms with E-state index in [0.29, 0.717) is 11.6 Å². The first kappa shape index (κ1) is 30.3. The molecule has 4 rings (SSSR count). The summed E-state index contributed by atoms with van der Waals surface area (Å²) in [5.74, 6) is -0.809. The number of anilines is 1. The zero-order valence-electron chi connectivity index (χ0n) is 21.9. The van der Waals surface area contributed by atoms with Gasteiger partial charge in [-0.25, -0.2) is 0 Å². The minimum atomic E-state index is -4.95. The molecule has 212 valence electrons. The lowest BCUT2D eigenvalue weighted by atomic mass is 9.99. The van der Waals surface area contributed by atoms with Gasteiger partial charge in [-0.15, -0.1) is 13.2 Å². The number of likely N-dealkylation sites (tertiary alicyclic amines) is 1. The summed E-state index contributed by atoms with van der Waals surface area (Å²) in [6.07, 6.45) is -1.41. The van der Waals surface area contributed by atoms with Crippen molar-refractivity contribution in [2.75, 3.05) is 25.0 Å². The summed E-state index contributed by atoms with van der Waals surface area (Å²) in [5.41, 5.74) is 2.35. The van der Waals surface area contributed by atoms with Gasteiger partial charge in [-0.1, -0.05) is 43.3 Å². The summed E-state index contributed by atoms with van der Waals surface area (Å²) in [6, 6.07) is 16.8. The molecule has 11 heteroatoms. The monoisotopic (exact) mass is 557 g/mol. The van der Waals surface area contributed by atoms with Crippen LogP contribution in [0.2, 0.25) is 0 Å². The van der Waals surface area contributed by atoms with Crippen LogP contribution in [0.3, 0.4) is 0 Å². The molecule has 0 atom stereocenters. The second-order valence-corrected chi connectivity index (χ2v) is 9.38. The van der Waals surface area contributed by atoms with Gasteiger partial charge in [-0.05, 0) is 61.7 Å². The van der Waals surface area contributed by atoms with Crippen molar-refractivity contribution in [1.82, 2.24) is 9.88 Å². The molecule has 1 aliphatic heterocycles. The average Bonchev–Trinajstić information content (AvgIpc) is 2.91. The lowest BCUT2D eigenvalue weighted by molar-refractivity contribution is -0.274. The molecule has 40 heavy (non-hydrogen) atoms. The number of hydrogen-bond donors (Lipinski definition) is 2. The maximum absolute atomic E-state index is 13.0. The van der Waals surface area contributed by atoms with E-state index in [-0.39, 0.29) is 36.5 Å². The highest BCUT2D eigenvalue weighted by molar-refractivity contribution is 6.00. The summed E-state index contributed by atoms with van der Waals surface area (Å²) in [4.78, 5) is 40.2. The molecule has 1 aromatic heterocycles. The predicted molar refractivity (Wildman–Crippen MR) is 143 cm³/mol. The number of ether oxygens (including phenoxy) is 1. The summed E-state index contributed by atoms with van der Waals surface area (Å²) >= 11 is 0. The lowest BCUT2D eigenvalue weighted by Gasteiger charge is -2.29. The van der Waals surface area contributed by atoms with Crippen LogP contribution in [0.15, 0.2) is 66.9 Å². The lowest BCUT2D eigenvalue weighted by Crippen LogP contribution is -2.38. The largest absolute Gasteiger partial charge is 0.573 e. The Kier molecular flexibility index (Phi) is 10.8. The molecule has 0 unspecified atom stereocenters. The third-order valence-corrected chi connectivity index (χ3v) is 6.32. The van der Waals surface area contributed by atoms with E-state index in [9.17, 15) is 22.8 Å². The highest BCUT2D eigenvalue weighted by atomic mass is 19.4. The van der Waals surface area contributed by atoms with Crippen LogP contribution < -0.4 is 10.1 Å². The number of Topliss-reactive ketones (excluding diaryl/α,β-unsaturated/α-hetero) is 1. The van der Waals surface area contributed by atoms with Crippen molar-refractivity contribution < 1.29 is 37.4 Å². The maximum Gasteiger partial charge on any atom is 0.573 e. The van der Waals surface area contributed by atoms with Crippen molar-refractivity contribution in [2.24, 2.45) is 5.92 Å². The molecule has 2 aromatic carbocycles. The fourth-order valence-corrected chi connectivity index (χ4v) is 4.22. The van der Waals surface area contributed by atoms with Crippen LogP contribution in [0.4, 0.5) is 18.9 Å². The number of halogens is 3. The Morgan fingerprint density at radius 3 is 2.35 bits per heavy atom. The van der Waals surface area contributed by atoms with E-state index < -0.39 is 18.0 Å². The van der Waals surface area contributed by atoms with Crippen LogP contribution in [0, 0.1) is 5.92 Å². The number of rotatable bonds is 8. The number of hydrogen-bond acceptors (Lipinski definition) is 6. The van der Waals surface area contributed by atoms with Crippen molar-refractivity contribution in [2.45, 2.75) is 32.5 Å². The topological polar surface area (TPSA) is 109 Å². The highest BCUT2D eigenvalue weighted by Crippen LogP contribution is 2.32. The fraction of sp³-hybridized carbons (Fsp3) is 0.310. The Hall–Kier alpha value is -4.25. The van der Waals surface area contributed by atoms with E-state index in [0.717, 1.165) is 43.1 Å². The Morgan fingerprint density at radius 2 is 1.75 bits per heavy atom. The third-order valence-electron chi connectivity index (χ3n) is 6.32. The SMILES string of the molecule is CC1CCN(CC(=O)Nc2cc(C(=O)Cc3ccc(-c4ccccc4)cn3)ccc2OC(F)(F)F)CC1.O=CO. The minimum absolute atomic E-state index is 0.0477. The first-order valence-electron chi connectivity index (χ1n) is 12.6. The number of benzene rings is 2. The number of carboxylic acid groups (broad SMARTS) is 1. The number of nitrogens with one attached hydrogen (secondary N) is 1. The zero-order chi connectivity index (χ0) is 29.1. The van der Waals surface area contributed by atoms with E-state index in [1.807, 2.05) is 41.3 Å². The first-order chi connectivity index (χ1) is 19.1. The predicted octanol–water partition coefficient (Wildman–Crippen LogP) is 5.44. The normalized spacial score (nSPS) is 14.0. The van der Waals surface area contributed by atoms with Crippen molar-refractivity contribution in [1.29, 1.82) is 0 Å². The van der Waals surface area contributed by atoms with E-state index in [4.69, 9.17) is 9.90 Å². The van der Waals surface area contributed by atoms with Crippen molar-refractivity contribution in [3.05, 3.63) is 78.1 Å². The standard InChI is InChI=1S/C28H28F3N3O3.CH2O2/c1-19-11-13-34(14-12-19)18-27(36)33-24-15-21(8-10-26(24)37-28(29,30)31)25(35)16-23-9-7-22(17-32-23)20-5-3-2-4-6-20;2-1-3/h2-10,15,17,19H,11-14,16,18H2,1H3,(H,33,36);1H,(H,2,3). The van der Waals surface area contributed by atoms with E-state index >= 15 is 0 Å². The van der Waals surface area contributed by atoms with Gasteiger partial charge in [0.2, 0.25) is 5.91 Å². The van der Waals surface area contributed by atoms with Gasteiger partial charge in [-0.2, -0.15) is 0 Å². The Morgan fingerprint density at radius 1 is 1.07 bits per heavy atom. The second-order valence-electron chi connectivity index (χ2n) is 9.38. The first-order valence-corrected chi connectivity index (χ1v) is 12.6. The number of nitrogens with zero attached hydrogens (tertiary/aromatic N) is 2. The maximum atomic E-state index is 13.0. The van der Waals surface area contributed by atoms with E-state index in [1.54, 1.807) is 12.3 Å². The molecule has 1 fully saturated rings. The number of carbonyl (C=O) groups excluding carboxylic acids is 2. The van der Waals surface area contributed by atoms with E-state index in [1.165, 1.54) is 12.1 Å². The number of carbonyl (C=O) groups is 3. The zero-order valence-corrected chi connectivity index (χ0v) is 21.9. The van der Waals surface area contributed by atoms with Gasteiger partial charge >= 0.3 is 6.36 Å². The number of piperidine rings is 1. The molecule has 1 saturated heterocycles. The molecule has 1 amide bonds. The average molecular weight is 558 g/mol. The molecular weight excluding hydrogens is 527 g/mol. The molecule has 0 saturated carbocycles. The van der Waals surface area contributed by atoms with Gasteiger partial charge in [0.15, 0.2) is 11.5 Å². The van der Waals surface area contributed by atoms with Crippen molar-refractivity contribution >= 4 is 23.9 Å². The third kappa shape index (κ3) is 9.49. The molecule has 2 N–H and O–H groups in total. The Bertz CT molecular complexity index is 1280. The molecule has 2 heterocycles. The highest BCUT2D eigenvalue weighted by Gasteiger charge is 2.32. The number of amides is 1. The molecular formula is C29H30F3N3O5.